The Kier molecular flexibility index (Phi) is 6.65. The summed E-state index contributed by atoms with van der Waals surface area (Å²) < 4.78 is 1.02. The Bertz CT molecular complexity index is 509. The molecule has 0 bridgehead atoms. The van der Waals surface area contributed by atoms with Crippen LogP contribution in [0, 0.1) is 5.92 Å². The Morgan fingerprint density at radius 3 is 2.70 bits per heavy atom. The molecule has 1 rings (SSSR count). The van der Waals surface area contributed by atoms with Gasteiger partial charge in [0.1, 0.15) is 5.71 Å². The first-order chi connectivity index (χ1) is 9.47. The van der Waals surface area contributed by atoms with E-state index in [-0.39, 0.29) is 11.7 Å². The lowest BCUT2D eigenvalue weighted by Gasteiger charge is -2.18. The molecule has 1 aromatic carbocycles. The van der Waals surface area contributed by atoms with Crippen LogP contribution in [-0.2, 0) is 11.3 Å². The van der Waals surface area contributed by atoms with E-state index < -0.39 is 0 Å². The molecule has 0 aliphatic carbocycles. The van der Waals surface area contributed by atoms with E-state index >= 15 is 0 Å². The van der Waals surface area contributed by atoms with Crippen molar-refractivity contribution in [3.63, 3.8) is 0 Å². The van der Waals surface area contributed by atoms with Crippen LogP contribution in [0.25, 0.3) is 0 Å². The van der Waals surface area contributed by atoms with E-state index in [1.54, 1.807) is 11.2 Å². The minimum absolute atomic E-state index is 0.0843. The Hall–Kier alpha value is -1.42. The lowest BCUT2D eigenvalue weighted by Crippen LogP contribution is -2.23. The van der Waals surface area contributed by atoms with E-state index in [1.807, 2.05) is 45.0 Å². The van der Waals surface area contributed by atoms with Crippen LogP contribution >= 0.6 is 15.9 Å². The summed E-state index contributed by atoms with van der Waals surface area (Å²) >= 11 is 3.45. The second-order valence-corrected chi connectivity index (χ2v) is 5.74. The van der Waals surface area contributed by atoms with E-state index in [9.17, 15) is 4.79 Å². The quantitative estimate of drug-likeness (QED) is 0.546. The van der Waals surface area contributed by atoms with Crippen molar-refractivity contribution in [1.82, 2.24) is 5.01 Å². The van der Waals surface area contributed by atoms with Crippen molar-refractivity contribution >= 4 is 27.4 Å². The first-order valence-corrected chi connectivity index (χ1v) is 7.52. The van der Waals surface area contributed by atoms with Crippen LogP contribution < -0.4 is 0 Å². The van der Waals surface area contributed by atoms with Gasteiger partial charge in [-0.25, -0.2) is 0 Å². The Morgan fingerprint density at radius 1 is 1.50 bits per heavy atom. The first-order valence-electron chi connectivity index (χ1n) is 6.73. The summed E-state index contributed by atoms with van der Waals surface area (Å²) in [5.74, 6) is 0.188. The van der Waals surface area contributed by atoms with Crippen molar-refractivity contribution in [2.24, 2.45) is 11.0 Å². The summed E-state index contributed by atoms with van der Waals surface area (Å²) in [5.41, 5.74) is 1.71. The Morgan fingerprint density at radius 2 is 2.20 bits per heavy atom. The van der Waals surface area contributed by atoms with Crippen LogP contribution in [-0.4, -0.2) is 16.5 Å². The van der Waals surface area contributed by atoms with Crippen molar-refractivity contribution in [1.29, 1.82) is 0 Å². The summed E-state index contributed by atoms with van der Waals surface area (Å²) in [6, 6.07) is 8.01. The number of halogens is 1. The van der Waals surface area contributed by atoms with Gasteiger partial charge in [-0.2, -0.15) is 5.10 Å². The molecule has 0 N–H and O–H groups in total. The summed E-state index contributed by atoms with van der Waals surface area (Å²) in [5, 5.41) is 6.17. The van der Waals surface area contributed by atoms with Gasteiger partial charge in [0, 0.05) is 23.0 Å². The molecule has 1 aromatic rings. The number of benzene rings is 1. The fourth-order valence-corrected chi connectivity index (χ4v) is 2.22. The van der Waals surface area contributed by atoms with E-state index in [4.69, 9.17) is 0 Å². The monoisotopic (exact) mass is 336 g/mol. The van der Waals surface area contributed by atoms with Crippen molar-refractivity contribution in [2.45, 2.75) is 33.7 Å². The van der Waals surface area contributed by atoms with Crippen molar-refractivity contribution in [2.75, 3.05) is 0 Å². The third kappa shape index (κ3) is 4.93. The second kappa shape index (κ2) is 8.00. The van der Waals surface area contributed by atoms with Crippen LogP contribution in [0.5, 0.6) is 0 Å². The molecule has 108 valence electrons. The maximum absolute atomic E-state index is 11.9. The van der Waals surface area contributed by atoms with Crippen LogP contribution in [0.4, 0.5) is 0 Å². The molecule has 3 nitrogen and oxygen atoms in total. The average Bonchev–Trinajstić information content (AvgIpc) is 2.42. The Balaban J connectivity index is 2.94. The van der Waals surface area contributed by atoms with E-state index in [2.05, 4.69) is 27.6 Å². The number of Topliss-reactive ketones (excluding diaryl/α,β-unsaturated/α-hetero) is 1. The minimum Gasteiger partial charge on any atom is -0.293 e. The predicted octanol–water partition coefficient (Wildman–Crippen LogP) is 4.39. The summed E-state index contributed by atoms with van der Waals surface area (Å²) in [4.78, 5) is 11.9. The molecule has 0 amide bonds. The van der Waals surface area contributed by atoms with Gasteiger partial charge < -0.3 is 0 Å². The number of carbonyl (C=O) groups excluding carboxylic acids is 1. The molecule has 0 saturated carbocycles. The highest BCUT2D eigenvalue weighted by atomic mass is 79.9. The lowest BCUT2D eigenvalue weighted by molar-refractivity contribution is -0.113. The number of carbonyl (C=O) groups is 1. The molecule has 0 aromatic heterocycles. The first kappa shape index (κ1) is 16.6. The topological polar surface area (TPSA) is 32.7 Å². The van der Waals surface area contributed by atoms with Gasteiger partial charge in [-0.15, -0.1) is 0 Å². The number of nitrogens with zero attached hydrogens (tertiary/aromatic N) is 2. The predicted molar refractivity (Wildman–Crippen MR) is 87.5 cm³/mol. The van der Waals surface area contributed by atoms with Crippen LogP contribution in [0.3, 0.4) is 0 Å². The highest BCUT2D eigenvalue weighted by Crippen LogP contribution is 2.14. The van der Waals surface area contributed by atoms with Crippen molar-refractivity contribution in [3.05, 3.63) is 47.1 Å². The molecule has 0 saturated heterocycles. The highest BCUT2D eigenvalue weighted by molar-refractivity contribution is 9.10. The van der Waals surface area contributed by atoms with E-state index in [0.717, 1.165) is 10.0 Å². The van der Waals surface area contributed by atoms with Gasteiger partial charge in [0.15, 0.2) is 5.78 Å². The third-order valence-corrected chi connectivity index (χ3v) is 3.33. The smallest absolute Gasteiger partial charge is 0.178 e. The van der Waals surface area contributed by atoms with Gasteiger partial charge in [-0.3, -0.25) is 9.80 Å². The molecule has 0 radical (unpaired) electrons. The van der Waals surface area contributed by atoms with Crippen molar-refractivity contribution in [3.8, 4) is 0 Å². The van der Waals surface area contributed by atoms with Crippen molar-refractivity contribution < 1.29 is 4.79 Å². The number of hydrogen-bond donors (Lipinski definition) is 0. The van der Waals surface area contributed by atoms with Crippen LogP contribution in [0.1, 0.15) is 32.8 Å². The third-order valence-electron chi connectivity index (χ3n) is 2.83. The largest absolute Gasteiger partial charge is 0.293 e. The number of rotatable bonds is 7. The van der Waals surface area contributed by atoms with Gasteiger partial charge in [0.25, 0.3) is 0 Å². The molecule has 0 heterocycles. The maximum Gasteiger partial charge on any atom is 0.178 e. The second-order valence-electron chi connectivity index (χ2n) is 4.83. The Labute approximate surface area is 129 Å². The fourth-order valence-electron chi connectivity index (χ4n) is 1.78. The molecule has 0 aliphatic heterocycles. The molecule has 0 fully saturated rings. The zero-order valence-corrected chi connectivity index (χ0v) is 13.9. The van der Waals surface area contributed by atoms with Gasteiger partial charge in [0.2, 0.25) is 0 Å². The average molecular weight is 337 g/mol. The molecule has 0 atom stereocenters. The highest BCUT2D eigenvalue weighted by Gasteiger charge is 2.15. The molecule has 0 aliphatic rings. The van der Waals surface area contributed by atoms with Gasteiger partial charge in [-0.1, -0.05) is 55.4 Å². The van der Waals surface area contributed by atoms with Gasteiger partial charge in [-0.05, 0) is 17.7 Å². The number of ketones is 1. The lowest BCUT2D eigenvalue weighted by atomic mass is 10.0. The SMILES string of the molecule is C=CN(Cc1cccc(Br)c1)/N=C(/C(=O)CC)C(C)C. The number of hydrogen-bond acceptors (Lipinski definition) is 3. The fraction of sp³-hybridized carbons (Fsp3) is 0.375. The maximum atomic E-state index is 11.9. The molecule has 0 spiro atoms. The van der Waals surface area contributed by atoms with Crippen LogP contribution in [0.2, 0.25) is 0 Å². The normalized spacial score (nSPS) is 11.6. The summed E-state index contributed by atoms with van der Waals surface area (Å²) in [6.07, 6.45) is 2.12. The zero-order valence-electron chi connectivity index (χ0n) is 12.3. The molecule has 20 heavy (non-hydrogen) atoms. The molecule has 0 unspecified atom stereocenters. The van der Waals surface area contributed by atoms with E-state index in [0.29, 0.717) is 18.7 Å². The standard InChI is InChI=1S/C16H21BrN2O/c1-5-15(20)16(12(3)4)18-19(6-2)11-13-8-7-9-14(17)10-13/h6-10,12H,2,5,11H2,1,3-4H3/b18-16+. The molecular formula is C16H21BrN2O. The van der Waals surface area contributed by atoms with Gasteiger partial charge in [0.05, 0.1) is 6.54 Å². The zero-order chi connectivity index (χ0) is 15.1. The minimum atomic E-state index is 0.0843. The summed E-state index contributed by atoms with van der Waals surface area (Å²) in [7, 11) is 0. The molecule has 4 heteroatoms. The molecular weight excluding hydrogens is 316 g/mol. The van der Waals surface area contributed by atoms with E-state index in [1.165, 1.54) is 0 Å². The van der Waals surface area contributed by atoms with Crippen LogP contribution in [0.15, 0.2) is 46.6 Å². The number of hydrazone groups is 1. The van der Waals surface area contributed by atoms with Gasteiger partial charge >= 0.3 is 0 Å². The summed E-state index contributed by atoms with van der Waals surface area (Å²) in [6.45, 7) is 10.2.